The predicted octanol–water partition coefficient (Wildman–Crippen LogP) is 2.03. The van der Waals surface area contributed by atoms with Crippen molar-refractivity contribution in [2.45, 2.75) is 63.8 Å². The third kappa shape index (κ3) is 2.97. The van der Waals surface area contributed by atoms with Crippen molar-refractivity contribution in [1.82, 2.24) is 10.2 Å². The number of nitrogens with one attached hydrogen (secondary N) is 1. The van der Waals surface area contributed by atoms with Crippen LogP contribution in [0.15, 0.2) is 0 Å². The molecule has 2 saturated heterocycles. The van der Waals surface area contributed by atoms with Crippen LogP contribution in [0.1, 0.15) is 47.0 Å². The monoisotopic (exact) mass is 298 g/mol. The van der Waals surface area contributed by atoms with E-state index in [4.69, 9.17) is 0 Å². The summed E-state index contributed by atoms with van der Waals surface area (Å²) in [6.45, 7) is 8.87. The maximum Gasteiger partial charge on any atom is 0.246 e. The zero-order valence-corrected chi connectivity index (χ0v) is 13.8. The van der Waals surface area contributed by atoms with Crippen LogP contribution in [0, 0.1) is 5.92 Å². The summed E-state index contributed by atoms with van der Waals surface area (Å²) in [5, 5.41) is 2.90. The molecule has 4 nitrogen and oxygen atoms in total. The van der Waals surface area contributed by atoms with Crippen LogP contribution in [-0.2, 0) is 9.59 Å². The van der Waals surface area contributed by atoms with Crippen molar-refractivity contribution in [3.05, 3.63) is 0 Å². The normalized spacial score (nSPS) is 34.8. The molecule has 2 aliphatic heterocycles. The number of amides is 2. The summed E-state index contributed by atoms with van der Waals surface area (Å²) < 4.78 is 0.113. The van der Waals surface area contributed by atoms with Gasteiger partial charge in [0.2, 0.25) is 11.8 Å². The average molecular weight is 298 g/mol. The van der Waals surface area contributed by atoms with Crippen LogP contribution in [0.4, 0.5) is 0 Å². The molecule has 0 radical (unpaired) electrons. The lowest BCUT2D eigenvalue weighted by Crippen LogP contribution is -2.66. The predicted molar refractivity (Wildman–Crippen MR) is 82.7 cm³/mol. The van der Waals surface area contributed by atoms with Crippen molar-refractivity contribution in [2.24, 2.45) is 5.92 Å². The van der Waals surface area contributed by atoms with Crippen molar-refractivity contribution < 1.29 is 9.59 Å². The van der Waals surface area contributed by atoms with Crippen LogP contribution in [0.2, 0.25) is 0 Å². The Kier molecular flexibility index (Phi) is 4.67. The molecule has 0 aliphatic carbocycles. The van der Waals surface area contributed by atoms with E-state index in [0.717, 1.165) is 12.2 Å². The maximum absolute atomic E-state index is 12.7. The lowest BCUT2D eigenvalue weighted by molar-refractivity contribution is -0.151. The van der Waals surface area contributed by atoms with Crippen molar-refractivity contribution in [3.8, 4) is 0 Å². The summed E-state index contributed by atoms with van der Waals surface area (Å²) in [6.07, 6.45) is 3.02. The highest BCUT2D eigenvalue weighted by Crippen LogP contribution is 2.39. The molecule has 2 amide bonds. The number of piperazine rings is 1. The number of carbonyl (C=O) groups is 2. The van der Waals surface area contributed by atoms with E-state index in [1.54, 1.807) is 0 Å². The summed E-state index contributed by atoms with van der Waals surface area (Å²) in [4.78, 5) is 26.8. The lowest BCUT2D eigenvalue weighted by Gasteiger charge is -2.43. The van der Waals surface area contributed by atoms with E-state index in [9.17, 15) is 9.59 Å². The number of nitrogens with zero attached hydrogens (tertiary/aromatic N) is 1. The summed E-state index contributed by atoms with van der Waals surface area (Å²) >= 11 is 1.94. The number of thioether (sulfide) groups is 1. The zero-order chi connectivity index (χ0) is 14.9. The fourth-order valence-corrected chi connectivity index (χ4v) is 4.45. The SMILES string of the molecule is CCC1C(=O)NC(C(C)C)C(=O)N1CC1(C)CCCS1. The molecule has 0 saturated carbocycles. The van der Waals surface area contributed by atoms with Crippen LogP contribution in [-0.4, -0.2) is 45.8 Å². The van der Waals surface area contributed by atoms with Gasteiger partial charge in [-0.25, -0.2) is 0 Å². The third-order valence-corrected chi connectivity index (χ3v) is 5.91. The average Bonchev–Trinajstić information content (AvgIpc) is 2.80. The van der Waals surface area contributed by atoms with Gasteiger partial charge in [0.1, 0.15) is 12.1 Å². The minimum absolute atomic E-state index is 0.0115. The van der Waals surface area contributed by atoms with Crippen LogP contribution in [0.3, 0.4) is 0 Å². The second kappa shape index (κ2) is 5.96. The lowest BCUT2D eigenvalue weighted by atomic mass is 9.95. The first-order chi connectivity index (χ1) is 9.38. The summed E-state index contributed by atoms with van der Waals surface area (Å²) in [5.74, 6) is 1.41. The first-order valence-electron chi connectivity index (χ1n) is 7.63. The Labute approximate surface area is 126 Å². The molecule has 2 fully saturated rings. The fraction of sp³-hybridized carbons (Fsp3) is 0.867. The van der Waals surface area contributed by atoms with Crippen LogP contribution >= 0.6 is 11.8 Å². The Bertz CT molecular complexity index is 391. The van der Waals surface area contributed by atoms with Crippen molar-refractivity contribution in [3.63, 3.8) is 0 Å². The van der Waals surface area contributed by atoms with E-state index in [1.807, 2.05) is 37.4 Å². The van der Waals surface area contributed by atoms with Crippen molar-refractivity contribution in [1.29, 1.82) is 0 Å². The van der Waals surface area contributed by atoms with Gasteiger partial charge < -0.3 is 10.2 Å². The second-order valence-corrected chi connectivity index (χ2v) is 8.20. The van der Waals surface area contributed by atoms with Gasteiger partial charge in [0.25, 0.3) is 0 Å². The molecule has 2 heterocycles. The van der Waals surface area contributed by atoms with Gasteiger partial charge in [0, 0.05) is 11.3 Å². The molecule has 114 valence electrons. The van der Waals surface area contributed by atoms with Crippen molar-refractivity contribution >= 4 is 23.6 Å². The molecule has 0 bridgehead atoms. The summed E-state index contributed by atoms with van der Waals surface area (Å²) in [5.41, 5.74) is 0. The van der Waals surface area contributed by atoms with E-state index in [1.165, 1.54) is 6.42 Å². The van der Waals surface area contributed by atoms with Crippen LogP contribution in [0.25, 0.3) is 0 Å². The Morgan fingerprint density at radius 2 is 2.15 bits per heavy atom. The summed E-state index contributed by atoms with van der Waals surface area (Å²) in [6, 6.07) is -0.657. The number of hydrogen-bond donors (Lipinski definition) is 1. The molecule has 20 heavy (non-hydrogen) atoms. The topological polar surface area (TPSA) is 49.4 Å². The quantitative estimate of drug-likeness (QED) is 0.864. The van der Waals surface area contributed by atoms with Gasteiger partial charge in [-0.1, -0.05) is 20.8 Å². The standard InChI is InChI=1S/C15H26N2O2S/c1-5-11-13(18)16-12(10(2)3)14(19)17(11)9-15(4)7-6-8-20-15/h10-12H,5-9H2,1-4H3,(H,16,18). The Hall–Kier alpha value is -0.710. The number of hydrogen-bond acceptors (Lipinski definition) is 3. The first kappa shape index (κ1) is 15.7. The minimum atomic E-state index is -0.361. The summed E-state index contributed by atoms with van der Waals surface area (Å²) in [7, 11) is 0. The van der Waals surface area contributed by atoms with Gasteiger partial charge in [-0.2, -0.15) is 11.8 Å². The molecule has 0 aromatic rings. The van der Waals surface area contributed by atoms with E-state index in [0.29, 0.717) is 13.0 Å². The molecule has 0 spiro atoms. The van der Waals surface area contributed by atoms with E-state index >= 15 is 0 Å². The van der Waals surface area contributed by atoms with Crippen LogP contribution in [0.5, 0.6) is 0 Å². The fourth-order valence-electron chi connectivity index (χ4n) is 3.15. The van der Waals surface area contributed by atoms with Gasteiger partial charge in [-0.3, -0.25) is 9.59 Å². The molecule has 2 rings (SSSR count). The minimum Gasteiger partial charge on any atom is -0.342 e. The molecule has 5 heteroatoms. The molecular weight excluding hydrogens is 272 g/mol. The van der Waals surface area contributed by atoms with E-state index in [-0.39, 0.29) is 34.6 Å². The second-order valence-electron chi connectivity index (χ2n) is 6.52. The van der Waals surface area contributed by atoms with E-state index in [2.05, 4.69) is 12.2 Å². The highest BCUT2D eigenvalue weighted by Gasteiger charge is 2.44. The van der Waals surface area contributed by atoms with Gasteiger partial charge in [-0.05, 0) is 37.9 Å². The maximum atomic E-state index is 12.7. The molecule has 3 atom stereocenters. The number of carbonyl (C=O) groups excluding carboxylic acids is 2. The third-order valence-electron chi connectivity index (χ3n) is 4.38. The molecular formula is C15H26N2O2S. The molecule has 0 aromatic carbocycles. The van der Waals surface area contributed by atoms with Gasteiger partial charge in [0.05, 0.1) is 0 Å². The first-order valence-corrected chi connectivity index (χ1v) is 8.61. The van der Waals surface area contributed by atoms with Gasteiger partial charge in [0.15, 0.2) is 0 Å². The molecule has 1 N–H and O–H groups in total. The molecule has 0 aromatic heterocycles. The molecule has 3 unspecified atom stereocenters. The largest absolute Gasteiger partial charge is 0.342 e. The van der Waals surface area contributed by atoms with Crippen LogP contribution < -0.4 is 5.32 Å². The Morgan fingerprint density at radius 1 is 1.45 bits per heavy atom. The highest BCUT2D eigenvalue weighted by molar-refractivity contribution is 8.00. The smallest absolute Gasteiger partial charge is 0.246 e. The van der Waals surface area contributed by atoms with Gasteiger partial charge >= 0.3 is 0 Å². The van der Waals surface area contributed by atoms with E-state index < -0.39 is 0 Å². The highest BCUT2D eigenvalue weighted by atomic mass is 32.2. The molecule has 2 aliphatic rings. The van der Waals surface area contributed by atoms with Crippen molar-refractivity contribution in [2.75, 3.05) is 12.3 Å². The van der Waals surface area contributed by atoms with Gasteiger partial charge in [-0.15, -0.1) is 0 Å². The number of rotatable bonds is 4. The Morgan fingerprint density at radius 3 is 2.65 bits per heavy atom. The zero-order valence-electron chi connectivity index (χ0n) is 12.9. The Balaban J connectivity index is 2.20.